The fraction of sp³-hybridized carbons (Fsp3) is 0.625. The van der Waals surface area contributed by atoms with E-state index in [2.05, 4.69) is 58.3 Å². The summed E-state index contributed by atoms with van der Waals surface area (Å²) in [5, 5.41) is 3.44. The van der Waals surface area contributed by atoms with Crippen LogP contribution in [0.5, 0.6) is 0 Å². The first kappa shape index (κ1) is 14.2. The van der Waals surface area contributed by atoms with E-state index in [0.717, 1.165) is 12.3 Å². The van der Waals surface area contributed by atoms with Crippen LogP contribution in [0.1, 0.15) is 43.4 Å². The first-order valence-corrected chi connectivity index (χ1v) is 6.75. The van der Waals surface area contributed by atoms with Crippen molar-refractivity contribution < 1.29 is 0 Å². The Labute approximate surface area is 107 Å². The molecule has 0 saturated heterocycles. The quantitative estimate of drug-likeness (QED) is 0.786. The summed E-state index contributed by atoms with van der Waals surface area (Å²) in [4.78, 5) is 0. The van der Waals surface area contributed by atoms with E-state index in [1.807, 2.05) is 0 Å². The molecule has 1 heteroatoms. The summed E-state index contributed by atoms with van der Waals surface area (Å²) < 4.78 is 0. The van der Waals surface area contributed by atoms with Crippen molar-refractivity contribution >= 4 is 0 Å². The van der Waals surface area contributed by atoms with Crippen molar-refractivity contribution in [1.82, 2.24) is 5.32 Å². The highest BCUT2D eigenvalue weighted by Gasteiger charge is 2.08. The number of benzene rings is 1. The average Bonchev–Trinajstić information content (AvgIpc) is 2.22. The minimum atomic E-state index is 0.610. The lowest BCUT2D eigenvalue weighted by molar-refractivity contribution is 0.450. The van der Waals surface area contributed by atoms with E-state index in [9.17, 15) is 0 Å². The predicted molar refractivity (Wildman–Crippen MR) is 76.5 cm³/mol. The Bertz CT molecular complexity index is 321. The summed E-state index contributed by atoms with van der Waals surface area (Å²) in [6, 6.07) is 7.48. The number of hydrogen-bond acceptors (Lipinski definition) is 1. The van der Waals surface area contributed by atoms with Crippen LogP contribution in [0.15, 0.2) is 18.2 Å². The number of hydrogen-bond donors (Lipinski definition) is 1. The average molecular weight is 233 g/mol. The zero-order valence-electron chi connectivity index (χ0n) is 12.0. The molecule has 1 aromatic rings. The van der Waals surface area contributed by atoms with Gasteiger partial charge in [-0.25, -0.2) is 0 Å². The molecule has 1 N–H and O–H groups in total. The van der Waals surface area contributed by atoms with E-state index in [-0.39, 0.29) is 0 Å². The first-order chi connectivity index (χ1) is 8.01. The van der Waals surface area contributed by atoms with Crippen LogP contribution >= 0.6 is 0 Å². The van der Waals surface area contributed by atoms with E-state index in [4.69, 9.17) is 0 Å². The van der Waals surface area contributed by atoms with Crippen LogP contribution in [0.3, 0.4) is 0 Å². The van der Waals surface area contributed by atoms with Crippen LogP contribution in [0.2, 0.25) is 0 Å². The zero-order valence-corrected chi connectivity index (χ0v) is 12.0. The third kappa shape index (κ3) is 5.36. The van der Waals surface area contributed by atoms with Gasteiger partial charge in [-0.05, 0) is 51.6 Å². The third-order valence-corrected chi connectivity index (χ3v) is 3.26. The van der Waals surface area contributed by atoms with Gasteiger partial charge in [-0.2, -0.15) is 0 Å². The predicted octanol–water partition coefficient (Wildman–Crippen LogP) is 3.87. The highest BCUT2D eigenvalue weighted by Crippen LogP contribution is 2.14. The van der Waals surface area contributed by atoms with Gasteiger partial charge in [-0.1, -0.05) is 43.2 Å². The van der Waals surface area contributed by atoms with Crippen molar-refractivity contribution in [1.29, 1.82) is 0 Å². The summed E-state index contributed by atoms with van der Waals surface area (Å²) in [7, 11) is 2.08. The maximum absolute atomic E-state index is 3.44. The van der Waals surface area contributed by atoms with Crippen molar-refractivity contribution in [3.63, 3.8) is 0 Å². The van der Waals surface area contributed by atoms with Gasteiger partial charge in [0.2, 0.25) is 0 Å². The Kier molecular flexibility index (Phi) is 5.70. The van der Waals surface area contributed by atoms with Crippen LogP contribution in [0.4, 0.5) is 0 Å². The van der Waals surface area contributed by atoms with Gasteiger partial charge in [0.25, 0.3) is 0 Å². The van der Waals surface area contributed by atoms with Crippen LogP contribution in [-0.2, 0) is 6.42 Å². The minimum absolute atomic E-state index is 0.610. The van der Waals surface area contributed by atoms with Gasteiger partial charge in [0, 0.05) is 6.04 Å². The second-order valence-corrected chi connectivity index (χ2v) is 5.66. The molecule has 0 radical (unpaired) electrons. The standard InChI is InChI=1S/C16H27N/c1-12(2)6-7-16(17-5)11-15-9-13(3)8-14(4)10-15/h8-10,12,16-17H,6-7,11H2,1-5H3. The molecule has 1 unspecified atom stereocenters. The molecule has 1 atom stereocenters. The van der Waals surface area contributed by atoms with Gasteiger partial charge >= 0.3 is 0 Å². The molecule has 96 valence electrons. The monoisotopic (exact) mass is 233 g/mol. The molecule has 1 nitrogen and oxygen atoms in total. The van der Waals surface area contributed by atoms with Gasteiger partial charge < -0.3 is 5.32 Å². The Balaban J connectivity index is 2.60. The molecule has 0 bridgehead atoms. The molecule has 0 aliphatic heterocycles. The van der Waals surface area contributed by atoms with Gasteiger partial charge in [0.1, 0.15) is 0 Å². The maximum atomic E-state index is 3.44. The van der Waals surface area contributed by atoms with Crippen molar-refractivity contribution in [3.05, 3.63) is 34.9 Å². The molecule has 0 aliphatic carbocycles. The molecule has 1 rings (SSSR count). The highest BCUT2D eigenvalue weighted by molar-refractivity contribution is 5.29. The van der Waals surface area contributed by atoms with E-state index < -0.39 is 0 Å². The Morgan fingerprint density at radius 3 is 2.06 bits per heavy atom. The topological polar surface area (TPSA) is 12.0 Å². The van der Waals surface area contributed by atoms with Crippen LogP contribution in [-0.4, -0.2) is 13.1 Å². The summed E-state index contributed by atoms with van der Waals surface area (Å²) in [5.41, 5.74) is 4.21. The van der Waals surface area contributed by atoms with E-state index in [1.54, 1.807) is 0 Å². The zero-order chi connectivity index (χ0) is 12.8. The van der Waals surface area contributed by atoms with Crippen LogP contribution < -0.4 is 5.32 Å². The summed E-state index contributed by atoms with van der Waals surface area (Å²) >= 11 is 0. The number of nitrogens with one attached hydrogen (secondary N) is 1. The molecule has 0 amide bonds. The molecule has 0 spiro atoms. The lowest BCUT2D eigenvalue weighted by Gasteiger charge is -2.18. The second-order valence-electron chi connectivity index (χ2n) is 5.66. The van der Waals surface area contributed by atoms with Crippen molar-refractivity contribution in [3.8, 4) is 0 Å². The van der Waals surface area contributed by atoms with Gasteiger partial charge in [-0.15, -0.1) is 0 Å². The van der Waals surface area contributed by atoms with Crippen LogP contribution in [0.25, 0.3) is 0 Å². The Hall–Kier alpha value is -0.820. The summed E-state index contributed by atoms with van der Waals surface area (Å²) in [5.74, 6) is 0.796. The third-order valence-electron chi connectivity index (χ3n) is 3.26. The molecule has 0 fully saturated rings. The van der Waals surface area contributed by atoms with Gasteiger partial charge in [0.05, 0.1) is 0 Å². The fourth-order valence-electron chi connectivity index (χ4n) is 2.35. The van der Waals surface area contributed by atoms with Gasteiger partial charge in [0.15, 0.2) is 0 Å². The van der Waals surface area contributed by atoms with E-state index in [0.29, 0.717) is 6.04 Å². The number of likely N-dealkylation sites (N-methyl/N-ethyl adjacent to an activating group) is 1. The highest BCUT2D eigenvalue weighted by atomic mass is 14.9. The molecule has 0 aromatic heterocycles. The SMILES string of the molecule is CNC(CCC(C)C)Cc1cc(C)cc(C)c1. The Morgan fingerprint density at radius 2 is 1.59 bits per heavy atom. The largest absolute Gasteiger partial charge is 0.317 e. The molecule has 0 aliphatic rings. The first-order valence-electron chi connectivity index (χ1n) is 6.75. The molecule has 0 heterocycles. The molecule has 17 heavy (non-hydrogen) atoms. The minimum Gasteiger partial charge on any atom is -0.317 e. The van der Waals surface area contributed by atoms with E-state index in [1.165, 1.54) is 29.5 Å². The molecule has 1 aromatic carbocycles. The second kappa shape index (κ2) is 6.80. The Morgan fingerprint density at radius 1 is 1.00 bits per heavy atom. The summed E-state index contributed by atoms with van der Waals surface area (Å²) in [6.07, 6.45) is 3.71. The smallest absolute Gasteiger partial charge is 0.0105 e. The van der Waals surface area contributed by atoms with Crippen molar-refractivity contribution in [2.45, 2.75) is 53.0 Å². The summed E-state index contributed by atoms with van der Waals surface area (Å²) in [6.45, 7) is 8.95. The van der Waals surface area contributed by atoms with E-state index >= 15 is 0 Å². The van der Waals surface area contributed by atoms with Crippen molar-refractivity contribution in [2.75, 3.05) is 7.05 Å². The molecular weight excluding hydrogens is 206 g/mol. The lowest BCUT2D eigenvalue weighted by atomic mass is 9.96. The van der Waals surface area contributed by atoms with Gasteiger partial charge in [-0.3, -0.25) is 0 Å². The van der Waals surface area contributed by atoms with Crippen LogP contribution in [0, 0.1) is 19.8 Å². The normalized spacial score (nSPS) is 13.1. The number of aryl methyl sites for hydroxylation is 2. The van der Waals surface area contributed by atoms with Crippen molar-refractivity contribution in [2.24, 2.45) is 5.92 Å². The molecule has 0 saturated carbocycles. The maximum Gasteiger partial charge on any atom is 0.0105 e. The lowest BCUT2D eigenvalue weighted by Crippen LogP contribution is -2.28. The molecular formula is C16H27N. The fourth-order valence-corrected chi connectivity index (χ4v) is 2.35. The number of rotatable bonds is 6.